The molecule has 1 heterocycles. The van der Waals surface area contributed by atoms with Gasteiger partial charge in [0.2, 0.25) is 0 Å². The molecule has 1 aromatic heterocycles. The van der Waals surface area contributed by atoms with Gasteiger partial charge < -0.3 is 0 Å². The van der Waals surface area contributed by atoms with Gasteiger partial charge in [-0.25, -0.2) is 0 Å². The monoisotopic (exact) mass is 294 g/mol. The molecule has 2 nitrogen and oxygen atoms in total. The number of hydrogen-bond donors (Lipinski definition) is 0. The maximum absolute atomic E-state index is 13.4. The fourth-order valence-electron chi connectivity index (χ4n) is 1.35. The van der Waals surface area contributed by atoms with Crippen LogP contribution >= 0.6 is 0 Å². The normalized spacial score (nSPS) is 11.0. The topological polar surface area (TPSA) is 30.2 Å². The quantitative estimate of drug-likeness (QED) is 0.747. The van der Waals surface area contributed by atoms with E-state index in [9.17, 15) is 18.0 Å². The van der Waals surface area contributed by atoms with Crippen molar-refractivity contribution in [2.45, 2.75) is 5.82 Å². The molecule has 0 unspecified atom stereocenters. The molecule has 0 fully saturated rings. The van der Waals surface area contributed by atoms with E-state index in [0.29, 0.717) is 0 Å². The molecule has 0 amide bonds. The summed E-state index contributed by atoms with van der Waals surface area (Å²) in [6.07, 6.45) is 0. The van der Waals surface area contributed by atoms with Crippen LogP contribution in [-0.2, 0) is 0 Å². The van der Waals surface area contributed by atoms with Gasteiger partial charge in [0.15, 0.2) is 0 Å². The minimum absolute atomic E-state index is 0.218. The maximum atomic E-state index is 13.4. The second kappa shape index (κ2) is 3.96. The number of fused-ring (bicyclic) bond motifs is 1. The Morgan fingerprint density at radius 2 is 1.94 bits per heavy atom. The first-order valence-electron chi connectivity index (χ1n) is 4.20. The Morgan fingerprint density at radius 3 is 2.56 bits per heavy atom. The molecule has 0 aliphatic heterocycles. The molecule has 0 radical (unpaired) electrons. The van der Waals surface area contributed by atoms with Crippen molar-refractivity contribution in [2.24, 2.45) is 0 Å². The molecule has 0 saturated heterocycles. The summed E-state index contributed by atoms with van der Waals surface area (Å²) in [7, 11) is 0. The van der Waals surface area contributed by atoms with E-state index in [1.54, 1.807) is 5.82 Å². The predicted molar refractivity (Wildman–Crippen MR) is 53.6 cm³/mol. The van der Waals surface area contributed by atoms with Gasteiger partial charge in [-0.3, -0.25) is 0 Å². The van der Waals surface area contributed by atoms with Gasteiger partial charge in [-0.05, 0) is 0 Å². The zero-order valence-corrected chi connectivity index (χ0v) is 9.73. The first kappa shape index (κ1) is 11.2. The van der Waals surface area contributed by atoms with Gasteiger partial charge in [-0.2, -0.15) is 0 Å². The second-order valence-electron chi connectivity index (χ2n) is 2.97. The Labute approximate surface area is 94.2 Å². The average Bonchev–Trinajstić information content (AvgIpc) is 2.24. The van der Waals surface area contributed by atoms with E-state index >= 15 is 0 Å². The third-order valence-electron chi connectivity index (χ3n) is 2.07. The van der Waals surface area contributed by atoms with Crippen LogP contribution in [0.4, 0.5) is 13.2 Å². The summed E-state index contributed by atoms with van der Waals surface area (Å²) in [6, 6.07) is 0.799. The summed E-state index contributed by atoms with van der Waals surface area (Å²) in [5.74, 6) is -0.858. The molecule has 1 aromatic carbocycles. The van der Waals surface area contributed by atoms with Crippen LogP contribution in [0.1, 0.15) is 0 Å². The van der Waals surface area contributed by atoms with E-state index < -0.39 is 43.4 Å². The van der Waals surface area contributed by atoms with Crippen LogP contribution in [0.25, 0.3) is 11.0 Å². The van der Waals surface area contributed by atoms with Crippen LogP contribution < -0.4 is 9.89 Å². The van der Waals surface area contributed by atoms with E-state index in [2.05, 4.69) is 4.42 Å². The molecule has 0 aliphatic rings. The van der Waals surface area contributed by atoms with Crippen LogP contribution in [0.5, 0.6) is 0 Å². The molecular weight excluding hydrogens is 288 g/mol. The Balaban J connectivity index is 3.01. The predicted octanol–water partition coefficient (Wildman–Crippen LogP) is 1.59. The minimum atomic E-state index is -1.29. The van der Waals surface area contributed by atoms with Crippen LogP contribution in [0.15, 0.2) is 21.3 Å². The molecule has 0 aliphatic carbocycles. The van der Waals surface area contributed by atoms with Crippen molar-refractivity contribution in [2.75, 3.05) is 0 Å². The van der Waals surface area contributed by atoms with Gasteiger partial charge in [0, 0.05) is 0 Å². The summed E-state index contributed by atoms with van der Waals surface area (Å²) in [5, 5.41) is -0.528. The SMILES string of the molecule is C[Se]c1c(F)oc2ccc(F)c(F)c2c1=O. The number of benzene rings is 1. The third-order valence-corrected chi connectivity index (χ3v) is 3.65. The molecule has 2 rings (SSSR count). The van der Waals surface area contributed by atoms with Gasteiger partial charge in [0.1, 0.15) is 0 Å². The van der Waals surface area contributed by atoms with Gasteiger partial charge in [-0.1, -0.05) is 0 Å². The molecule has 0 spiro atoms. The summed E-state index contributed by atoms with van der Waals surface area (Å²) in [4.78, 5) is 11.7. The number of halogens is 3. The van der Waals surface area contributed by atoms with Crippen molar-refractivity contribution in [3.63, 3.8) is 0 Å². The number of hydrogen-bond acceptors (Lipinski definition) is 2. The molecule has 16 heavy (non-hydrogen) atoms. The Hall–Kier alpha value is -1.26. The molecule has 0 atom stereocenters. The molecule has 6 heteroatoms. The van der Waals surface area contributed by atoms with Crippen LogP contribution in [-0.4, -0.2) is 15.0 Å². The van der Waals surface area contributed by atoms with Crippen molar-refractivity contribution in [1.29, 1.82) is 0 Å². The fraction of sp³-hybridized carbons (Fsp3) is 0.100. The Morgan fingerprint density at radius 1 is 1.25 bits per heavy atom. The fourth-order valence-corrected chi connectivity index (χ4v) is 2.38. The summed E-state index contributed by atoms with van der Waals surface area (Å²) >= 11 is -0.488. The molecule has 0 saturated carbocycles. The van der Waals surface area contributed by atoms with E-state index in [-0.39, 0.29) is 10.0 Å². The Kier molecular flexibility index (Phi) is 2.78. The van der Waals surface area contributed by atoms with E-state index in [0.717, 1.165) is 12.1 Å². The van der Waals surface area contributed by atoms with Crippen LogP contribution in [0.2, 0.25) is 5.82 Å². The first-order chi connectivity index (χ1) is 7.56. The van der Waals surface area contributed by atoms with Gasteiger partial charge >= 0.3 is 93.8 Å². The molecule has 2 aromatic rings. The summed E-state index contributed by atoms with van der Waals surface area (Å²) < 4.78 is 43.9. The van der Waals surface area contributed by atoms with E-state index in [1.165, 1.54) is 0 Å². The van der Waals surface area contributed by atoms with Crippen LogP contribution in [0, 0.1) is 17.6 Å². The van der Waals surface area contributed by atoms with Crippen molar-refractivity contribution < 1.29 is 17.6 Å². The first-order valence-corrected chi connectivity index (χ1v) is 6.77. The zero-order chi connectivity index (χ0) is 11.9. The average molecular weight is 293 g/mol. The second-order valence-corrected chi connectivity index (χ2v) is 4.69. The van der Waals surface area contributed by atoms with E-state index in [4.69, 9.17) is 0 Å². The third kappa shape index (κ3) is 1.54. The number of rotatable bonds is 1. The van der Waals surface area contributed by atoms with Gasteiger partial charge in [0.25, 0.3) is 0 Å². The van der Waals surface area contributed by atoms with Crippen molar-refractivity contribution in [3.8, 4) is 0 Å². The van der Waals surface area contributed by atoms with Gasteiger partial charge in [0.05, 0.1) is 0 Å². The van der Waals surface area contributed by atoms with Gasteiger partial charge in [-0.15, -0.1) is 0 Å². The standard InChI is InChI=1S/C10H5F3O2Se/c1-16-9-8(14)6-5(15-10(9)13)3-2-4(11)7(6)12/h2-3H,1H3. The summed E-state index contributed by atoms with van der Waals surface area (Å²) in [6.45, 7) is 0. The zero-order valence-electron chi connectivity index (χ0n) is 8.01. The molecule has 0 bridgehead atoms. The molecule has 0 N–H and O–H groups in total. The Bertz CT molecular complexity index is 621. The molecule has 84 valence electrons. The van der Waals surface area contributed by atoms with Crippen LogP contribution in [0.3, 0.4) is 0 Å². The summed E-state index contributed by atoms with van der Waals surface area (Å²) in [5.41, 5.74) is -1.12. The van der Waals surface area contributed by atoms with Crippen molar-refractivity contribution >= 4 is 30.4 Å². The van der Waals surface area contributed by atoms with Crippen molar-refractivity contribution in [3.05, 3.63) is 40.0 Å². The molecular formula is C10H5F3O2Se. The van der Waals surface area contributed by atoms with Crippen molar-refractivity contribution in [1.82, 2.24) is 0 Å². The van der Waals surface area contributed by atoms with E-state index in [1.807, 2.05) is 0 Å².